The quantitative estimate of drug-likeness (QED) is 0.823. The minimum Gasteiger partial charge on any atom is -0.336 e. The molecule has 1 aromatic carbocycles. The third-order valence-corrected chi connectivity index (χ3v) is 6.80. The molecule has 0 radical (unpaired) electrons. The molecular formula is C19H25N3O3S. The number of hydrogen-bond donors (Lipinski definition) is 0. The van der Waals surface area contributed by atoms with Crippen molar-refractivity contribution in [1.82, 2.24) is 14.7 Å². The predicted molar refractivity (Wildman–Crippen MR) is 102 cm³/mol. The Bertz CT molecular complexity index is 914. The Morgan fingerprint density at radius 3 is 2.46 bits per heavy atom. The van der Waals surface area contributed by atoms with E-state index in [4.69, 9.17) is 0 Å². The number of nitrogens with zero attached hydrogens (tertiary/aromatic N) is 3. The van der Waals surface area contributed by atoms with E-state index in [1.54, 1.807) is 17.8 Å². The number of benzene rings is 1. The molecular weight excluding hydrogens is 350 g/mol. The average Bonchev–Trinajstić information content (AvgIpc) is 3.16. The topological polar surface area (TPSA) is 72.3 Å². The molecule has 0 aliphatic carbocycles. The molecule has 6 nitrogen and oxygen atoms in total. The van der Waals surface area contributed by atoms with Crippen LogP contribution in [-0.4, -0.2) is 53.6 Å². The summed E-state index contributed by atoms with van der Waals surface area (Å²) in [6.07, 6.45) is 0.487. The molecule has 1 aromatic heterocycles. The van der Waals surface area contributed by atoms with Crippen molar-refractivity contribution in [1.29, 1.82) is 0 Å². The standard InChI is InChI=1S/C19H25N3O3S/c1-13(2)14-5-7-15(8-6-14)18-11-17(20-22(18)4)19(23)21(3)16-9-10-26(24,25)12-16/h5-8,11,13,16H,9-10,12H2,1-4H3. The summed E-state index contributed by atoms with van der Waals surface area (Å²) in [7, 11) is 0.428. The van der Waals surface area contributed by atoms with E-state index in [9.17, 15) is 13.2 Å². The van der Waals surface area contributed by atoms with Crippen molar-refractivity contribution >= 4 is 15.7 Å². The van der Waals surface area contributed by atoms with E-state index in [1.807, 2.05) is 19.2 Å². The fraction of sp³-hybridized carbons (Fsp3) is 0.474. The SMILES string of the molecule is CC(C)c1ccc(-c2cc(C(=O)N(C)C3CCS(=O)(=O)C3)nn2C)cc1. The van der Waals surface area contributed by atoms with Crippen molar-refractivity contribution in [3.05, 3.63) is 41.6 Å². The van der Waals surface area contributed by atoms with Crippen LogP contribution in [-0.2, 0) is 16.9 Å². The van der Waals surface area contributed by atoms with Gasteiger partial charge in [-0.2, -0.15) is 5.10 Å². The first kappa shape index (κ1) is 18.6. The molecule has 1 unspecified atom stereocenters. The van der Waals surface area contributed by atoms with Crippen molar-refractivity contribution in [3.63, 3.8) is 0 Å². The number of aromatic nitrogens is 2. The second-order valence-corrected chi connectivity index (χ2v) is 9.52. The van der Waals surface area contributed by atoms with E-state index in [2.05, 4.69) is 31.1 Å². The number of sulfone groups is 1. The van der Waals surface area contributed by atoms with Crippen LogP contribution in [0.25, 0.3) is 11.3 Å². The normalized spacial score (nSPS) is 19.0. The van der Waals surface area contributed by atoms with E-state index < -0.39 is 9.84 Å². The van der Waals surface area contributed by atoms with Crippen LogP contribution in [0.15, 0.2) is 30.3 Å². The van der Waals surface area contributed by atoms with Crippen LogP contribution in [0.4, 0.5) is 0 Å². The smallest absolute Gasteiger partial charge is 0.274 e. The number of carbonyl (C=O) groups is 1. The largest absolute Gasteiger partial charge is 0.336 e. The molecule has 2 heterocycles. The van der Waals surface area contributed by atoms with Crippen molar-refractivity contribution in [2.75, 3.05) is 18.6 Å². The fourth-order valence-electron chi connectivity index (χ4n) is 3.31. The summed E-state index contributed by atoms with van der Waals surface area (Å²) in [5.74, 6) is 0.396. The first-order valence-electron chi connectivity index (χ1n) is 8.80. The van der Waals surface area contributed by atoms with Gasteiger partial charge in [0.15, 0.2) is 15.5 Å². The lowest BCUT2D eigenvalue weighted by atomic mass is 10.0. The first-order chi connectivity index (χ1) is 12.2. The minimum atomic E-state index is -3.03. The molecule has 1 saturated heterocycles. The third kappa shape index (κ3) is 3.67. The Morgan fingerprint density at radius 1 is 1.27 bits per heavy atom. The van der Waals surface area contributed by atoms with Gasteiger partial charge in [0.25, 0.3) is 5.91 Å². The zero-order valence-electron chi connectivity index (χ0n) is 15.6. The van der Waals surface area contributed by atoms with Crippen molar-refractivity contribution in [2.24, 2.45) is 7.05 Å². The maximum absolute atomic E-state index is 12.7. The highest BCUT2D eigenvalue weighted by atomic mass is 32.2. The molecule has 1 amide bonds. The lowest BCUT2D eigenvalue weighted by molar-refractivity contribution is 0.0741. The highest BCUT2D eigenvalue weighted by Crippen LogP contribution is 2.24. The zero-order chi connectivity index (χ0) is 19.1. The Labute approximate surface area is 154 Å². The second-order valence-electron chi connectivity index (χ2n) is 7.29. The zero-order valence-corrected chi connectivity index (χ0v) is 16.5. The lowest BCUT2D eigenvalue weighted by Gasteiger charge is -2.22. The molecule has 0 saturated carbocycles. The Hall–Kier alpha value is -2.15. The summed E-state index contributed by atoms with van der Waals surface area (Å²) in [6, 6.07) is 9.74. The lowest BCUT2D eigenvalue weighted by Crippen LogP contribution is -2.38. The van der Waals surface area contributed by atoms with Crippen LogP contribution in [0.1, 0.15) is 42.2 Å². The molecule has 1 atom stereocenters. The monoisotopic (exact) mass is 375 g/mol. The molecule has 3 rings (SSSR count). The van der Waals surface area contributed by atoms with Gasteiger partial charge in [-0.05, 0) is 29.5 Å². The average molecular weight is 375 g/mol. The van der Waals surface area contributed by atoms with Gasteiger partial charge in [0.1, 0.15) is 0 Å². The van der Waals surface area contributed by atoms with Gasteiger partial charge in [0.2, 0.25) is 0 Å². The van der Waals surface area contributed by atoms with E-state index in [0.717, 1.165) is 11.3 Å². The molecule has 26 heavy (non-hydrogen) atoms. The fourth-order valence-corrected chi connectivity index (χ4v) is 5.08. The summed E-state index contributed by atoms with van der Waals surface area (Å²) in [6.45, 7) is 4.30. The molecule has 1 aliphatic rings. The summed E-state index contributed by atoms with van der Waals surface area (Å²) in [5, 5.41) is 4.35. The maximum atomic E-state index is 12.7. The third-order valence-electron chi connectivity index (χ3n) is 5.05. The molecule has 140 valence electrons. The molecule has 0 N–H and O–H groups in total. The van der Waals surface area contributed by atoms with Gasteiger partial charge in [-0.25, -0.2) is 8.42 Å². The van der Waals surface area contributed by atoms with Crippen LogP contribution in [0.5, 0.6) is 0 Å². The Balaban J connectivity index is 1.82. The minimum absolute atomic E-state index is 0.0333. The molecule has 2 aromatic rings. The van der Waals surface area contributed by atoms with Gasteiger partial charge in [0, 0.05) is 20.1 Å². The van der Waals surface area contributed by atoms with Crippen molar-refractivity contribution in [3.8, 4) is 11.3 Å². The second kappa shape index (κ2) is 6.87. The summed E-state index contributed by atoms with van der Waals surface area (Å²) >= 11 is 0. The van der Waals surface area contributed by atoms with E-state index in [1.165, 1.54) is 10.5 Å². The van der Waals surface area contributed by atoms with Crippen LogP contribution in [0, 0.1) is 0 Å². The molecule has 0 bridgehead atoms. The van der Waals surface area contributed by atoms with Crippen LogP contribution in [0.2, 0.25) is 0 Å². The van der Waals surface area contributed by atoms with E-state index in [0.29, 0.717) is 18.0 Å². The van der Waals surface area contributed by atoms with Crippen LogP contribution in [0.3, 0.4) is 0 Å². The van der Waals surface area contributed by atoms with Gasteiger partial charge in [-0.1, -0.05) is 38.1 Å². The highest BCUT2D eigenvalue weighted by Gasteiger charge is 2.33. The van der Waals surface area contributed by atoms with Crippen LogP contribution >= 0.6 is 0 Å². The van der Waals surface area contributed by atoms with Gasteiger partial charge in [-0.15, -0.1) is 0 Å². The molecule has 1 aliphatic heterocycles. The highest BCUT2D eigenvalue weighted by molar-refractivity contribution is 7.91. The summed E-state index contributed by atoms with van der Waals surface area (Å²) in [4.78, 5) is 14.3. The number of amides is 1. The number of carbonyl (C=O) groups excluding carboxylic acids is 1. The van der Waals surface area contributed by atoms with Gasteiger partial charge in [-0.3, -0.25) is 9.48 Å². The van der Waals surface area contributed by atoms with Crippen LogP contribution < -0.4 is 0 Å². The Morgan fingerprint density at radius 2 is 1.92 bits per heavy atom. The van der Waals surface area contributed by atoms with Gasteiger partial charge >= 0.3 is 0 Å². The summed E-state index contributed by atoms with van der Waals surface area (Å²) < 4.78 is 25.0. The number of rotatable bonds is 4. The Kier molecular flexibility index (Phi) is 4.92. The predicted octanol–water partition coefficient (Wildman–Crippen LogP) is 2.47. The van der Waals surface area contributed by atoms with Crippen molar-refractivity contribution < 1.29 is 13.2 Å². The first-order valence-corrected chi connectivity index (χ1v) is 10.6. The molecule has 7 heteroatoms. The van der Waals surface area contributed by atoms with Crippen molar-refractivity contribution in [2.45, 2.75) is 32.2 Å². The number of hydrogen-bond acceptors (Lipinski definition) is 4. The van der Waals surface area contributed by atoms with E-state index >= 15 is 0 Å². The maximum Gasteiger partial charge on any atom is 0.274 e. The molecule has 0 spiro atoms. The van der Waals surface area contributed by atoms with Gasteiger partial charge < -0.3 is 4.90 Å². The van der Waals surface area contributed by atoms with Gasteiger partial charge in [0.05, 0.1) is 17.2 Å². The van der Waals surface area contributed by atoms with E-state index in [-0.39, 0.29) is 23.5 Å². The number of aryl methyl sites for hydroxylation is 1. The summed E-state index contributed by atoms with van der Waals surface area (Å²) in [5.41, 5.74) is 3.45. The molecule has 1 fully saturated rings.